The highest BCUT2D eigenvalue weighted by atomic mass is 32.1. The average Bonchev–Trinajstić information content (AvgIpc) is 3.20. The number of piperidine rings is 1. The third kappa shape index (κ3) is 2.98. The molecule has 6 heteroatoms. The average molecular weight is 415 g/mol. The van der Waals surface area contributed by atoms with Crippen LogP contribution in [0.15, 0.2) is 47.3 Å². The Labute approximate surface area is 178 Å². The predicted molar refractivity (Wildman–Crippen MR) is 122 cm³/mol. The number of para-hydroxylation sites is 1. The smallest absolute Gasteiger partial charge is 0.270 e. The van der Waals surface area contributed by atoms with E-state index < -0.39 is 0 Å². The molecule has 1 saturated heterocycles. The summed E-state index contributed by atoms with van der Waals surface area (Å²) in [4.78, 5) is 19.9. The second-order valence-electron chi connectivity index (χ2n) is 8.00. The first-order chi connectivity index (χ1) is 14.6. The Hall–Kier alpha value is -3.17. The lowest BCUT2D eigenvalue weighted by molar-refractivity contribution is 0.504. The van der Waals surface area contributed by atoms with Gasteiger partial charge >= 0.3 is 0 Å². The fraction of sp³-hybridized carbons (Fsp3) is 0.292. The van der Waals surface area contributed by atoms with Gasteiger partial charge in [-0.2, -0.15) is 5.26 Å². The molecule has 0 spiro atoms. The molecule has 0 radical (unpaired) electrons. The van der Waals surface area contributed by atoms with Gasteiger partial charge in [0, 0.05) is 31.4 Å². The van der Waals surface area contributed by atoms with Gasteiger partial charge < -0.3 is 9.47 Å². The summed E-state index contributed by atoms with van der Waals surface area (Å²) >= 11 is 1.78. The van der Waals surface area contributed by atoms with Crippen molar-refractivity contribution in [3.8, 4) is 6.07 Å². The Kier molecular flexibility index (Phi) is 4.56. The van der Waals surface area contributed by atoms with Gasteiger partial charge in [0.2, 0.25) is 0 Å². The molecule has 0 saturated carbocycles. The van der Waals surface area contributed by atoms with Crippen molar-refractivity contribution in [2.24, 2.45) is 7.05 Å². The lowest BCUT2D eigenvalue weighted by Gasteiger charge is -2.34. The van der Waals surface area contributed by atoms with Gasteiger partial charge in [-0.3, -0.25) is 4.79 Å². The molecule has 0 aliphatic carbocycles. The van der Waals surface area contributed by atoms with Crippen molar-refractivity contribution in [3.05, 3.63) is 69.0 Å². The van der Waals surface area contributed by atoms with Crippen LogP contribution in [-0.4, -0.2) is 22.6 Å². The summed E-state index contributed by atoms with van der Waals surface area (Å²) in [6, 6.07) is 16.5. The zero-order valence-electron chi connectivity index (χ0n) is 17.1. The molecular formula is C24H22N4OS. The SMILES string of the molecule is Cc1ccc2c(c1)c(N1CCC(c3nc4ccccc4s3)CC1)c(C#N)c(=O)n2C. The molecule has 1 fully saturated rings. The van der Waals surface area contributed by atoms with Gasteiger partial charge in [0.1, 0.15) is 11.6 Å². The van der Waals surface area contributed by atoms with Crippen molar-refractivity contribution < 1.29 is 0 Å². The molecule has 1 aliphatic heterocycles. The van der Waals surface area contributed by atoms with Crippen molar-refractivity contribution in [1.29, 1.82) is 5.26 Å². The molecule has 4 aromatic rings. The maximum absolute atomic E-state index is 12.9. The van der Waals surface area contributed by atoms with Gasteiger partial charge in [0.05, 0.1) is 26.4 Å². The number of thiazole rings is 1. The molecule has 5 nitrogen and oxygen atoms in total. The fourth-order valence-electron chi connectivity index (χ4n) is 4.49. The number of fused-ring (bicyclic) bond motifs is 2. The van der Waals surface area contributed by atoms with Crippen LogP contribution < -0.4 is 10.5 Å². The fourth-order valence-corrected chi connectivity index (χ4v) is 5.63. The third-order valence-electron chi connectivity index (χ3n) is 6.11. The molecule has 0 N–H and O–H groups in total. The van der Waals surface area contributed by atoms with Crippen LogP contribution in [0.5, 0.6) is 0 Å². The maximum atomic E-state index is 12.9. The highest BCUT2D eigenvalue weighted by Crippen LogP contribution is 2.37. The first kappa shape index (κ1) is 18.8. The lowest BCUT2D eigenvalue weighted by Crippen LogP contribution is -2.35. The lowest BCUT2D eigenvalue weighted by atomic mass is 9.95. The van der Waals surface area contributed by atoms with Crippen LogP contribution in [0.3, 0.4) is 0 Å². The number of nitrogens with zero attached hydrogens (tertiary/aromatic N) is 4. The number of hydrogen-bond donors (Lipinski definition) is 0. The number of rotatable bonds is 2. The van der Waals surface area contributed by atoms with E-state index in [0.29, 0.717) is 5.92 Å². The summed E-state index contributed by atoms with van der Waals surface area (Å²) in [6.45, 7) is 3.66. The van der Waals surface area contributed by atoms with E-state index in [9.17, 15) is 10.1 Å². The molecule has 30 heavy (non-hydrogen) atoms. The highest BCUT2D eigenvalue weighted by molar-refractivity contribution is 7.18. The van der Waals surface area contributed by atoms with Gasteiger partial charge in [-0.15, -0.1) is 11.3 Å². The molecule has 150 valence electrons. The van der Waals surface area contributed by atoms with Gasteiger partial charge in [-0.25, -0.2) is 4.98 Å². The summed E-state index contributed by atoms with van der Waals surface area (Å²) in [5.74, 6) is 0.420. The Bertz CT molecular complexity index is 1340. The number of aromatic nitrogens is 2. The Balaban J connectivity index is 1.51. The molecule has 1 aliphatic rings. The van der Waals surface area contributed by atoms with E-state index in [-0.39, 0.29) is 11.1 Å². The quantitative estimate of drug-likeness (QED) is 0.476. The monoisotopic (exact) mass is 414 g/mol. The van der Waals surface area contributed by atoms with Gasteiger partial charge in [-0.05, 0) is 44.0 Å². The van der Waals surface area contributed by atoms with Gasteiger partial charge in [0.15, 0.2) is 0 Å². The first-order valence-electron chi connectivity index (χ1n) is 10.2. The van der Waals surface area contributed by atoms with E-state index in [1.54, 1.807) is 23.0 Å². The molecule has 3 heterocycles. The predicted octanol–water partition coefficient (Wildman–Crippen LogP) is 4.71. The van der Waals surface area contributed by atoms with Crippen LogP contribution in [0.2, 0.25) is 0 Å². The molecule has 2 aromatic heterocycles. The van der Waals surface area contributed by atoms with Crippen molar-refractivity contribution in [1.82, 2.24) is 9.55 Å². The molecule has 0 atom stereocenters. The number of hydrogen-bond acceptors (Lipinski definition) is 5. The second-order valence-corrected chi connectivity index (χ2v) is 9.06. The van der Waals surface area contributed by atoms with Crippen LogP contribution in [0.4, 0.5) is 5.69 Å². The van der Waals surface area contributed by atoms with E-state index in [1.807, 2.05) is 25.1 Å². The largest absolute Gasteiger partial charge is 0.370 e. The van der Waals surface area contributed by atoms with Crippen molar-refractivity contribution in [2.75, 3.05) is 18.0 Å². The van der Waals surface area contributed by atoms with Gasteiger partial charge in [-0.1, -0.05) is 23.8 Å². The minimum atomic E-state index is -0.225. The van der Waals surface area contributed by atoms with E-state index in [1.165, 1.54) is 9.71 Å². The minimum Gasteiger partial charge on any atom is -0.370 e. The molecule has 5 rings (SSSR count). The molecule has 0 amide bonds. The van der Waals surface area contributed by atoms with Crippen LogP contribution in [0.25, 0.3) is 21.1 Å². The molecular weight excluding hydrogens is 392 g/mol. The van der Waals surface area contributed by atoms with Crippen LogP contribution in [-0.2, 0) is 7.05 Å². The summed E-state index contributed by atoms with van der Waals surface area (Å²) in [5, 5.41) is 12.0. The minimum absolute atomic E-state index is 0.225. The third-order valence-corrected chi connectivity index (χ3v) is 7.31. The van der Waals surface area contributed by atoms with Gasteiger partial charge in [0.25, 0.3) is 5.56 Å². The summed E-state index contributed by atoms with van der Waals surface area (Å²) in [7, 11) is 1.74. The number of aryl methyl sites for hydroxylation is 2. The normalized spacial score (nSPS) is 15.0. The van der Waals surface area contributed by atoms with E-state index >= 15 is 0 Å². The van der Waals surface area contributed by atoms with Crippen LogP contribution in [0.1, 0.15) is 34.9 Å². The summed E-state index contributed by atoms with van der Waals surface area (Å²) in [5.41, 5.74) is 3.87. The molecule has 0 bridgehead atoms. The Morgan fingerprint density at radius 3 is 2.67 bits per heavy atom. The summed E-state index contributed by atoms with van der Waals surface area (Å²) in [6.07, 6.45) is 1.93. The van der Waals surface area contributed by atoms with E-state index in [4.69, 9.17) is 4.98 Å². The van der Waals surface area contributed by atoms with Crippen molar-refractivity contribution >= 4 is 38.1 Å². The molecule has 2 aromatic carbocycles. The second kappa shape index (κ2) is 7.26. The highest BCUT2D eigenvalue weighted by Gasteiger charge is 2.27. The number of nitriles is 1. The maximum Gasteiger partial charge on any atom is 0.270 e. The standard InChI is InChI=1S/C24H22N4OS/c1-15-7-8-20-17(13-15)22(18(14-25)24(29)27(20)2)28-11-9-16(10-12-28)23-26-19-5-3-4-6-21(19)30-23/h3-8,13,16H,9-12H2,1-2H3. The van der Waals surface area contributed by atoms with Crippen LogP contribution >= 0.6 is 11.3 Å². The van der Waals surface area contributed by atoms with E-state index in [2.05, 4.69) is 35.2 Å². The topological polar surface area (TPSA) is 61.9 Å². The van der Waals surface area contributed by atoms with Crippen molar-refractivity contribution in [2.45, 2.75) is 25.7 Å². The molecule has 0 unspecified atom stereocenters. The van der Waals surface area contributed by atoms with Crippen LogP contribution in [0, 0.1) is 18.3 Å². The first-order valence-corrected chi connectivity index (χ1v) is 11.0. The number of pyridine rings is 1. The van der Waals surface area contributed by atoms with Crippen molar-refractivity contribution in [3.63, 3.8) is 0 Å². The zero-order valence-corrected chi connectivity index (χ0v) is 17.9. The zero-order chi connectivity index (χ0) is 20.8. The number of benzene rings is 2. The van der Waals surface area contributed by atoms with E-state index in [0.717, 1.165) is 53.6 Å². The Morgan fingerprint density at radius 2 is 1.93 bits per heavy atom. The number of anilines is 1. The Morgan fingerprint density at radius 1 is 1.17 bits per heavy atom. The summed E-state index contributed by atoms with van der Waals surface area (Å²) < 4.78 is 2.82.